The van der Waals surface area contributed by atoms with E-state index in [1.54, 1.807) is 7.11 Å². The number of benzene rings is 2. The Morgan fingerprint density at radius 1 is 1.03 bits per heavy atom. The normalized spacial score (nSPS) is 14.5. The first-order chi connectivity index (χ1) is 15.0. The monoisotopic (exact) mass is 438 g/mol. The van der Waals surface area contributed by atoms with E-state index < -0.39 is 10.0 Å². The summed E-state index contributed by atoms with van der Waals surface area (Å²) in [6.07, 6.45) is 5.50. The number of nitrogens with zero attached hydrogens (tertiary/aromatic N) is 2. The zero-order valence-electron chi connectivity index (χ0n) is 17.4. The third-order valence-corrected chi connectivity index (χ3v) is 6.71. The lowest BCUT2D eigenvalue weighted by atomic mass is 10.1. The van der Waals surface area contributed by atoms with Crippen LogP contribution in [0.25, 0.3) is 11.3 Å². The third-order valence-electron chi connectivity index (χ3n) is 5.31. The number of hydrogen-bond acceptors (Lipinski definition) is 6. The molecule has 2 aromatic carbocycles. The summed E-state index contributed by atoms with van der Waals surface area (Å²) < 4.78 is 33.3. The van der Waals surface area contributed by atoms with E-state index in [0.717, 1.165) is 53.9 Å². The van der Waals surface area contributed by atoms with E-state index in [0.29, 0.717) is 5.82 Å². The maximum absolute atomic E-state index is 12.5. The summed E-state index contributed by atoms with van der Waals surface area (Å²) in [5.74, 6) is 1.30. The minimum atomic E-state index is -3.38. The van der Waals surface area contributed by atoms with Gasteiger partial charge in [-0.3, -0.25) is 0 Å². The van der Waals surface area contributed by atoms with Gasteiger partial charge in [0.05, 0.1) is 18.6 Å². The van der Waals surface area contributed by atoms with E-state index in [1.165, 1.54) is 6.33 Å². The van der Waals surface area contributed by atoms with Gasteiger partial charge in [0.2, 0.25) is 10.0 Å². The van der Waals surface area contributed by atoms with Crippen molar-refractivity contribution in [3.63, 3.8) is 0 Å². The fraction of sp³-hybridized carbons (Fsp3) is 0.304. The van der Waals surface area contributed by atoms with Crippen molar-refractivity contribution in [3.05, 3.63) is 66.5 Å². The number of methoxy groups -OCH3 is 1. The summed E-state index contributed by atoms with van der Waals surface area (Å²) in [4.78, 5) is 8.65. The Morgan fingerprint density at radius 2 is 1.84 bits per heavy atom. The lowest BCUT2D eigenvalue weighted by Crippen LogP contribution is -2.33. The predicted molar refractivity (Wildman–Crippen MR) is 122 cm³/mol. The van der Waals surface area contributed by atoms with Crippen molar-refractivity contribution in [1.29, 1.82) is 0 Å². The molecule has 0 atom stereocenters. The van der Waals surface area contributed by atoms with Gasteiger partial charge < -0.3 is 10.1 Å². The molecular weight excluding hydrogens is 412 g/mol. The quantitative estimate of drug-likeness (QED) is 0.546. The molecule has 0 unspecified atom stereocenters. The Bertz CT molecular complexity index is 1140. The van der Waals surface area contributed by atoms with E-state index in [4.69, 9.17) is 4.74 Å². The molecule has 2 N–H and O–H groups in total. The number of rotatable bonds is 8. The third kappa shape index (κ3) is 5.59. The molecule has 1 saturated carbocycles. The molecule has 0 spiro atoms. The second kappa shape index (κ2) is 9.45. The smallest absolute Gasteiger partial charge is 0.216 e. The number of para-hydroxylation sites is 1. The maximum Gasteiger partial charge on any atom is 0.216 e. The van der Waals surface area contributed by atoms with Crippen molar-refractivity contribution in [2.24, 2.45) is 0 Å². The minimum absolute atomic E-state index is 0.0464. The molecular formula is C23H26N4O3S. The van der Waals surface area contributed by atoms with Gasteiger partial charge in [-0.05, 0) is 42.7 Å². The van der Waals surface area contributed by atoms with Gasteiger partial charge in [-0.1, -0.05) is 37.1 Å². The maximum atomic E-state index is 12.5. The average molecular weight is 439 g/mol. The summed E-state index contributed by atoms with van der Waals surface area (Å²) >= 11 is 0. The molecule has 1 aromatic heterocycles. The molecule has 0 amide bonds. The van der Waals surface area contributed by atoms with Crippen LogP contribution in [0, 0.1) is 0 Å². The van der Waals surface area contributed by atoms with Gasteiger partial charge in [-0.25, -0.2) is 23.1 Å². The van der Waals surface area contributed by atoms with Crippen LogP contribution in [-0.4, -0.2) is 31.5 Å². The van der Waals surface area contributed by atoms with Crippen LogP contribution in [0.4, 0.5) is 11.5 Å². The predicted octanol–water partition coefficient (Wildman–Crippen LogP) is 4.26. The molecule has 1 aliphatic carbocycles. The van der Waals surface area contributed by atoms with Crippen molar-refractivity contribution < 1.29 is 13.2 Å². The molecule has 8 heteroatoms. The second-order valence-electron chi connectivity index (χ2n) is 7.67. The molecule has 3 aromatic rings. The average Bonchev–Trinajstić information content (AvgIpc) is 3.26. The Morgan fingerprint density at radius 3 is 2.65 bits per heavy atom. The molecule has 4 rings (SSSR count). The van der Waals surface area contributed by atoms with Gasteiger partial charge in [0, 0.05) is 23.4 Å². The molecule has 0 saturated heterocycles. The van der Waals surface area contributed by atoms with Gasteiger partial charge in [-0.2, -0.15) is 0 Å². The number of nitrogens with one attached hydrogen (secondary N) is 2. The van der Waals surface area contributed by atoms with Gasteiger partial charge in [0.25, 0.3) is 0 Å². The lowest BCUT2D eigenvalue weighted by Gasteiger charge is -2.13. The van der Waals surface area contributed by atoms with Gasteiger partial charge in [-0.15, -0.1) is 0 Å². The zero-order chi connectivity index (χ0) is 21.7. The summed E-state index contributed by atoms with van der Waals surface area (Å²) in [7, 11) is -1.75. The Labute approximate surface area is 183 Å². The number of hydrogen-bond donors (Lipinski definition) is 2. The first-order valence-corrected chi connectivity index (χ1v) is 12.0. The van der Waals surface area contributed by atoms with Crippen LogP contribution in [0.3, 0.4) is 0 Å². The molecule has 0 radical (unpaired) electrons. The van der Waals surface area contributed by atoms with E-state index in [1.807, 2.05) is 54.6 Å². The number of aromatic nitrogens is 2. The van der Waals surface area contributed by atoms with Crippen LogP contribution in [0.15, 0.2) is 60.9 Å². The SMILES string of the molecule is COc1ccccc1-c1cc(Nc2cccc(CS(=O)(=O)NC3CCCC3)c2)ncn1. The van der Waals surface area contributed by atoms with Crippen molar-refractivity contribution in [1.82, 2.24) is 14.7 Å². The number of sulfonamides is 1. The second-order valence-corrected chi connectivity index (χ2v) is 9.43. The summed E-state index contributed by atoms with van der Waals surface area (Å²) in [6.45, 7) is 0. The highest BCUT2D eigenvalue weighted by molar-refractivity contribution is 7.88. The largest absolute Gasteiger partial charge is 0.496 e. The van der Waals surface area contributed by atoms with Crippen LogP contribution in [0.1, 0.15) is 31.2 Å². The van der Waals surface area contributed by atoms with Crippen LogP contribution in [0.5, 0.6) is 5.75 Å². The summed E-state index contributed by atoms with van der Waals surface area (Å²) in [5, 5.41) is 3.24. The van der Waals surface area contributed by atoms with Crippen LogP contribution in [0.2, 0.25) is 0 Å². The molecule has 162 valence electrons. The van der Waals surface area contributed by atoms with Gasteiger partial charge >= 0.3 is 0 Å². The molecule has 1 heterocycles. The van der Waals surface area contributed by atoms with E-state index in [9.17, 15) is 8.42 Å². The molecule has 0 bridgehead atoms. The van der Waals surface area contributed by atoms with E-state index >= 15 is 0 Å². The van der Waals surface area contributed by atoms with Crippen molar-refractivity contribution in [2.75, 3.05) is 12.4 Å². The van der Waals surface area contributed by atoms with Crippen molar-refractivity contribution in [3.8, 4) is 17.0 Å². The van der Waals surface area contributed by atoms with Crippen LogP contribution in [-0.2, 0) is 15.8 Å². The lowest BCUT2D eigenvalue weighted by molar-refractivity contribution is 0.416. The first-order valence-electron chi connectivity index (χ1n) is 10.3. The zero-order valence-corrected chi connectivity index (χ0v) is 18.2. The Balaban J connectivity index is 1.49. The standard InChI is InChI=1S/C23H26N4O3S/c1-30-22-12-5-4-11-20(22)21-14-23(25-16-24-21)26-19-10-6-7-17(13-19)15-31(28,29)27-18-8-2-3-9-18/h4-7,10-14,16,18,27H,2-3,8-9,15H2,1H3,(H,24,25,26). The Kier molecular flexibility index (Phi) is 6.48. The van der Waals surface area contributed by atoms with Gasteiger partial charge in [0.15, 0.2) is 0 Å². The molecule has 31 heavy (non-hydrogen) atoms. The van der Waals surface area contributed by atoms with E-state index in [-0.39, 0.29) is 11.8 Å². The molecule has 7 nitrogen and oxygen atoms in total. The van der Waals surface area contributed by atoms with Crippen LogP contribution >= 0.6 is 0 Å². The highest BCUT2D eigenvalue weighted by Gasteiger charge is 2.21. The molecule has 1 aliphatic rings. The highest BCUT2D eigenvalue weighted by atomic mass is 32.2. The molecule has 0 aliphatic heterocycles. The fourth-order valence-corrected chi connectivity index (χ4v) is 5.32. The van der Waals surface area contributed by atoms with Crippen molar-refractivity contribution >= 4 is 21.5 Å². The van der Waals surface area contributed by atoms with Gasteiger partial charge in [0.1, 0.15) is 17.9 Å². The first kappa shape index (κ1) is 21.3. The number of ether oxygens (including phenoxy) is 1. The minimum Gasteiger partial charge on any atom is -0.496 e. The number of anilines is 2. The summed E-state index contributed by atoms with van der Waals surface area (Å²) in [5.41, 5.74) is 3.08. The molecule has 1 fully saturated rings. The topological polar surface area (TPSA) is 93.2 Å². The van der Waals surface area contributed by atoms with Crippen molar-refractivity contribution in [2.45, 2.75) is 37.5 Å². The summed E-state index contributed by atoms with van der Waals surface area (Å²) in [6, 6.07) is 16.9. The highest BCUT2D eigenvalue weighted by Crippen LogP contribution is 2.29. The fourth-order valence-electron chi connectivity index (χ4n) is 3.87. The van der Waals surface area contributed by atoms with E-state index in [2.05, 4.69) is 20.0 Å². The van der Waals surface area contributed by atoms with Crippen LogP contribution < -0.4 is 14.8 Å². The Hall–Kier alpha value is -2.97.